The Morgan fingerprint density at radius 2 is 2.12 bits per heavy atom. The van der Waals surface area contributed by atoms with Crippen molar-refractivity contribution in [3.05, 3.63) is 40.1 Å². The first-order valence-corrected chi connectivity index (χ1v) is 12.1. The first kappa shape index (κ1) is 21.4. The number of fused-ring (bicyclic) bond motifs is 1. The SMILES string of the molecule is CN1CCN(CCC2(N)N=C(NCc3cccs3)N=C(N3CCc4nc[nH]c4C3)N2)CC1. The van der Waals surface area contributed by atoms with Crippen molar-refractivity contribution >= 4 is 23.3 Å². The van der Waals surface area contributed by atoms with Crippen LogP contribution in [-0.2, 0) is 19.5 Å². The molecule has 2 aromatic rings. The molecule has 11 heteroatoms. The predicted octanol–water partition coefficient (Wildman–Crippen LogP) is 0.184. The Morgan fingerprint density at radius 3 is 2.94 bits per heavy atom. The molecule has 5 heterocycles. The number of aliphatic imine (C=N–C) groups is 2. The van der Waals surface area contributed by atoms with E-state index in [-0.39, 0.29) is 0 Å². The van der Waals surface area contributed by atoms with Crippen molar-refractivity contribution < 1.29 is 0 Å². The van der Waals surface area contributed by atoms with E-state index in [4.69, 9.17) is 15.7 Å². The number of likely N-dealkylation sites (N-methyl/N-ethyl adjacent to an activating group) is 1. The highest BCUT2D eigenvalue weighted by molar-refractivity contribution is 7.09. The molecule has 5 rings (SSSR count). The fraction of sp³-hybridized carbons (Fsp3) is 0.571. The third-order valence-electron chi connectivity index (χ3n) is 6.33. The summed E-state index contributed by atoms with van der Waals surface area (Å²) in [5.74, 6) is 0.463. The molecule has 172 valence electrons. The average Bonchev–Trinajstić information content (AvgIpc) is 3.48. The summed E-state index contributed by atoms with van der Waals surface area (Å²) in [5.41, 5.74) is 9.09. The molecule has 32 heavy (non-hydrogen) atoms. The van der Waals surface area contributed by atoms with E-state index in [1.807, 2.05) is 0 Å². The van der Waals surface area contributed by atoms with E-state index >= 15 is 0 Å². The first-order chi connectivity index (χ1) is 15.6. The smallest absolute Gasteiger partial charge is 0.225 e. The maximum atomic E-state index is 6.81. The minimum absolute atomic E-state index is 0.587. The van der Waals surface area contributed by atoms with Crippen molar-refractivity contribution in [2.45, 2.75) is 31.7 Å². The molecule has 1 saturated heterocycles. The van der Waals surface area contributed by atoms with E-state index in [0.717, 1.165) is 69.6 Å². The topological polar surface area (TPSA) is 113 Å². The maximum Gasteiger partial charge on any atom is 0.225 e. The number of thiophene rings is 1. The third-order valence-corrected chi connectivity index (χ3v) is 7.20. The molecule has 0 radical (unpaired) electrons. The van der Waals surface area contributed by atoms with E-state index in [9.17, 15) is 0 Å². The summed E-state index contributed by atoms with van der Waals surface area (Å²) in [5, 5.41) is 8.92. The molecular formula is C21H32N10S. The molecule has 0 aromatic carbocycles. The molecule has 5 N–H and O–H groups in total. The summed E-state index contributed by atoms with van der Waals surface area (Å²) < 4.78 is 0. The number of aromatic nitrogens is 2. The third kappa shape index (κ3) is 4.96. The number of nitrogens with zero attached hydrogens (tertiary/aromatic N) is 6. The molecule has 2 aromatic heterocycles. The van der Waals surface area contributed by atoms with Crippen molar-refractivity contribution in [3.8, 4) is 0 Å². The van der Waals surface area contributed by atoms with Crippen molar-refractivity contribution in [2.75, 3.05) is 46.3 Å². The zero-order chi connectivity index (χ0) is 22.0. The second-order valence-electron chi connectivity index (χ2n) is 8.75. The summed E-state index contributed by atoms with van der Waals surface area (Å²) in [6.07, 6.45) is 3.36. The van der Waals surface area contributed by atoms with Gasteiger partial charge in [0.25, 0.3) is 0 Å². The van der Waals surface area contributed by atoms with Crippen molar-refractivity contribution in [1.82, 2.24) is 35.3 Å². The predicted molar refractivity (Wildman–Crippen MR) is 127 cm³/mol. The number of H-pyrrole nitrogens is 1. The van der Waals surface area contributed by atoms with Crippen molar-refractivity contribution in [2.24, 2.45) is 15.7 Å². The van der Waals surface area contributed by atoms with Crippen LogP contribution < -0.4 is 16.4 Å². The quantitative estimate of drug-likeness (QED) is 0.508. The molecule has 3 aliphatic heterocycles. The summed E-state index contributed by atoms with van der Waals surface area (Å²) >= 11 is 1.72. The fourth-order valence-corrected chi connectivity index (χ4v) is 4.93. The van der Waals surface area contributed by atoms with Gasteiger partial charge in [0.1, 0.15) is 0 Å². The Labute approximate surface area is 192 Å². The van der Waals surface area contributed by atoms with Crippen LogP contribution in [0.4, 0.5) is 0 Å². The highest BCUT2D eigenvalue weighted by Crippen LogP contribution is 2.19. The molecule has 1 fully saturated rings. The lowest BCUT2D eigenvalue weighted by atomic mass is 10.1. The van der Waals surface area contributed by atoms with Crippen LogP contribution in [0.2, 0.25) is 0 Å². The number of hydrogen-bond donors (Lipinski definition) is 4. The van der Waals surface area contributed by atoms with Gasteiger partial charge in [-0.15, -0.1) is 11.3 Å². The van der Waals surface area contributed by atoms with Gasteiger partial charge in [0.2, 0.25) is 11.9 Å². The molecule has 0 saturated carbocycles. The van der Waals surface area contributed by atoms with Gasteiger partial charge >= 0.3 is 0 Å². The number of rotatable bonds is 5. The van der Waals surface area contributed by atoms with E-state index < -0.39 is 5.79 Å². The van der Waals surface area contributed by atoms with E-state index in [1.165, 1.54) is 4.88 Å². The molecule has 0 bridgehead atoms. The molecule has 0 aliphatic carbocycles. The van der Waals surface area contributed by atoms with Crippen LogP contribution in [-0.4, -0.2) is 88.7 Å². The Kier molecular flexibility index (Phi) is 6.13. The second-order valence-corrected chi connectivity index (χ2v) is 9.78. The lowest BCUT2D eigenvalue weighted by Gasteiger charge is -2.39. The van der Waals surface area contributed by atoms with Crippen molar-refractivity contribution in [1.29, 1.82) is 0 Å². The number of nitrogens with two attached hydrogens (primary N) is 1. The minimum Gasteiger partial charge on any atom is -0.349 e. The van der Waals surface area contributed by atoms with Gasteiger partial charge in [-0.05, 0) is 18.5 Å². The molecule has 1 unspecified atom stereocenters. The number of imidazole rings is 1. The van der Waals surface area contributed by atoms with Crippen LogP contribution >= 0.6 is 11.3 Å². The summed E-state index contributed by atoms with van der Waals surface area (Å²) in [6, 6.07) is 4.16. The number of hydrogen-bond acceptors (Lipinski definition) is 10. The van der Waals surface area contributed by atoms with Gasteiger partial charge in [-0.25, -0.2) is 9.98 Å². The fourth-order valence-electron chi connectivity index (χ4n) is 4.28. The summed E-state index contributed by atoms with van der Waals surface area (Å²) in [7, 11) is 2.17. The normalized spacial score (nSPS) is 24.5. The van der Waals surface area contributed by atoms with E-state index in [0.29, 0.717) is 18.9 Å². The highest BCUT2D eigenvalue weighted by Gasteiger charge is 2.34. The second kappa shape index (κ2) is 9.18. The van der Waals surface area contributed by atoms with Gasteiger partial charge in [0.15, 0.2) is 5.79 Å². The molecule has 0 amide bonds. The van der Waals surface area contributed by atoms with Crippen LogP contribution in [0.1, 0.15) is 22.7 Å². The van der Waals surface area contributed by atoms with Gasteiger partial charge in [-0.2, -0.15) is 4.99 Å². The Morgan fingerprint density at radius 1 is 1.25 bits per heavy atom. The van der Waals surface area contributed by atoms with Crippen LogP contribution in [0.25, 0.3) is 0 Å². The summed E-state index contributed by atoms with van der Waals surface area (Å²) in [6.45, 7) is 7.47. The Hall–Kier alpha value is -2.47. The monoisotopic (exact) mass is 456 g/mol. The zero-order valence-electron chi connectivity index (χ0n) is 18.5. The van der Waals surface area contributed by atoms with Crippen LogP contribution in [0.5, 0.6) is 0 Å². The van der Waals surface area contributed by atoms with Crippen LogP contribution in [0, 0.1) is 0 Å². The van der Waals surface area contributed by atoms with Gasteiger partial charge in [0.05, 0.1) is 30.8 Å². The average molecular weight is 457 g/mol. The number of nitrogens with one attached hydrogen (secondary N) is 3. The standard InChI is InChI=1S/C21H32N10S/c1-29-8-10-30(11-9-29)7-5-21(22)27-19(23-13-16-3-2-12-32-16)26-20(28-21)31-6-4-17-18(14-31)25-15-24-17/h2-3,12,15H,4-11,13-14,22H2,1H3,(H,24,25)(H2,23,26,27,28). The molecule has 0 spiro atoms. The first-order valence-electron chi connectivity index (χ1n) is 11.3. The highest BCUT2D eigenvalue weighted by atomic mass is 32.1. The Bertz CT molecular complexity index is 959. The number of piperazine rings is 1. The van der Waals surface area contributed by atoms with E-state index in [2.05, 4.69) is 59.9 Å². The van der Waals surface area contributed by atoms with E-state index in [1.54, 1.807) is 17.7 Å². The minimum atomic E-state index is -0.896. The molecule has 1 atom stereocenters. The maximum absolute atomic E-state index is 6.81. The number of aromatic amines is 1. The lowest BCUT2D eigenvalue weighted by molar-refractivity contribution is 0.141. The van der Waals surface area contributed by atoms with Gasteiger partial charge in [-0.3, -0.25) is 5.73 Å². The van der Waals surface area contributed by atoms with Crippen LogP contribution in [0.3, 0.4) is 0 Å². The number of guanidine groups is 2. The van der Waals surface area contributed by atoms with Gasteiger partial charge in [0, 0.05) is 57.0 Å². The summed E-state index contributed by atoms with van der Waals surface area (Å²) in [4.78, 5) is 25.6. The molecule has 3 aliphatic rings. The molecule has 10 nitrogen and oxygen atoms in total. The van der Waals surface area contributed by atoms with Crippen molar-refractivity contribution in [3.63, 3.8) is 0 Å². The van der Waals surface area contributed by atoms with Gasteiger partial charge in [-0.1, -0.05) is 6.07 Å². The lowest BCUT2D eigenvalue weighted by Crippen LogP contribution is -2.63. The largest absolute Gasteiger partial charge is 0.349 e. The van der Waals surface area contributed by atoms with Crippen LogP contribution in [0.15, 0.2) is 33.8 Å². The Balaban J connectivity index is 1.30. The zero-order valence-corrected chi connectivity index (χ0v) is 19.4. The molecular weight excluding hydrogens is 424 g/mol. The van der Waals surface area contributed by atoms with Gasteiger partial charge < -0.3 is 30.3 Å².